The van der Waals surface area contributed by atoms with Crippen LogP contribution in [0.25, 0.3) is 0 Å². The number of alkyl halides is 5. The lowest BCUT2D eigenvalue weighted by Gasteiger charge is -2.25. The molecule has 0 aromatic heterocycles. The molecule has 0 spiro atoms. The third-order valence-corrected chi connectivity index (χ3v) is 5.31. The molecule has 32 heavy (non-hydrogen) atoms. The first kappa shape index (κ1) is 23.6. The molecule has 1 aliphatic heterocycles. The Kier molecular flexibility index (Phi) is 6.54. The van der Waals surface area contributed by atoms with Crippen LogP contribution >= 0.6 is 0 Å². The molecule has 0 bridgehead atoms. The van der Waals surface area contributed by atoms with Crippen LogP contribution in [0.4, 0.5) is 22.0 Å². The van der Waals surface area contributed by atoms with E-state index in [0.717, 1.165) is 17.0 Å². The fourth-order valence-electron chi connectivity index (χ4n) is 3.69. The van der Waals surface area contributed by atoms with E-state index in [2.05, 4.69) is 5.32 Å². The Morgan fingerprint density at radius 3 is 2.44 bits per heavy atom. The van der Waals surface area contributed by atoms with Crippen LogP contribution in [0.2, 0.25) is 0 Å². The quantitative estimate of drug-likeness (QED) is 0.680. The second kappa shape index (κ2) is 8.85. The number of amides is 1. The summed E-state index contributed by atoms with van der Waals surface area (Å²) < 4.78 is 67.0. The minimum atomic E-state index is -4.57. The molecule has 1 N–H and O–H groups in total. The highest BCUT2D eigenvalue weighted by molar-refractivity contribution is 5.86. The van der Waals surface area contributed by atoms with E-state index in [4.69, 9.17) is 0 Å². The summed E-state index contributed by atoms with van der Waals surface area (Å²) in [6, 6.07) is 8.06. The van der Waals surface area contributed by atoms with Gasteiger partial charge in [-0.25, -0.2) is 8.78 Å². The number of rotatable bonds is 6. The number of carboxylic acids is 1. The molecular weight excluding hydrogens is 435 g/mol. The molecule has 2 atom stereocenters. The van der Waals surface area contributed by atoms with Gasteiger partial charge in [0.2, 0.25) is 5.91 Å². The molecule has 0 aliphatic carbocycles. The van der Waals surface area contributed by atoms with Crippen molar-refractivity contribution >= 4 is 11.9 Å². The van der Waals surface area contributed by atoms with E-state index in [1.807, 2.05) is 0 Å². The van der Waals surface area contributed by atoms with Crippen LogP contribution in [0.15, 0.2) is 48.5 Å². The number of hydrogen-bond donors (Lipinski definition) is 1. The van der Waals surface area contributed by atoms with Crippen molar-refractivity contribution in [2.75, 3.05) is 6.54 Å². The molecular formula is C22H20F5N2O3-. The number of nitrogens with zero attached hydrogens (tertiary/aromatic N) is 1. The van der Waals surface area contributed by atoms with Gasteiger partial charge in [-0.05, 0) is 29.7 Å². The fraction of sp³-hybridized carbons (Fsp3) is 0.364. The third kappa shape index (κ3) is 5.61. The van der Waals surface area contributed by atoms with Crippen molar-refractivity contribution in [1.29, 1.82) is 0 Å². The molecule has 0 unspecified atom stereocenters. The molecule has 1 amide bonds. The van der Waals surface area contributed by atoms with Gasteiger partial charge >= 0.3 is 6.18 Å². The summed E-state index contributed by atoms with van der Waals surface area (Å²) in [5.41, 5.74) is -0.218. The van der Waals surface area contributed by atoms with E-state index in [0.29, 0.717) is 5.56 Å². The van der Waals surface area contributed by atoms with Gasteiger partial charge in [0.1, 0.15) is 0 Å². The summed E-state index contributed by atoms with van der Waals surface area (Å²) >= 11 is 0. The van der Waals surface area contributed by atoms with E-state index in [1.54, 1.807) is 6.92 Å². The summed E-state index contributed by atoms with van der Waals surface area (Å²) in [5, 5.41) is 13.5. The number of carboxylic acid groups (broad SMARTS) is 1. The highest BCUT2D eigenvalue weighted by atomic mass is 19.4. The summed E-state index contributed by atoms with van der Waals surface area (Å²) in [5.74, 6) is -5.21. The zero-order valence-corrected chi connectivity index (χ0v) is 17.0. The topological polar surface area (TPSA) is 72.5 Å². The van der Waals surface area contributed by atoms with Crippen molar-refractivity contribution in [1.82, 2.24) is 10.2 Å². The molecule has 0 radical (unpaired) electrons. The van der Waals surface area contributed by atoms with E-state index < -0.39 is 54.6 Å². The highest BCUT2D eigenvalue weighted by Gasteiger charge is 2.48. The van der Waals surface area contributed by atoms with Crippen LogP contribution in [-0.4, -0.2) is 35.3 Å². The van der Waals surface area contributed by atoms with Gasteiger partial charge in [0.25, 0.3) is 5.92 Å². The van der Waals surface area contributed by atoms with Crippen molar-refractivity contribution in [2.24, 2.45) is 0 Å². The molecule has 172 valence electrons. The van der Waals surface area contributed by atoms with Crippen molar-refractivity contribution < 1.29 is 36.6 Å². The molecule has 1 aliphatic rings. The minimum absolute atomic E-state index is 0.0463. The average molecular weight is 455 g/mol. The van der Waals surface area contributed by atoms with E-state index >= 15 is 0 Å². The van der Waals surface area contributed by atoms with E-state index in [1.165, 1.54) is 36.4 Å². The Bertz CT molecular complexity index is 992. The molecule has 1 saturated heterocycles. The highest BCUT2D eigenvalue weighted by Crippen LogP contribution is 2.35. The van der Waals surface area contributed by atoms with Gasteiger partial charge in [-0.2, -0.15) is 13.2 Å². The van der Waals surface area contributed by atoms with E-state index in [9.17, 15) is 36.6 Å². The molecule has 2 aromatic rings. The minimum Gasteiger partial charge on any atom is -0.545 e. The standard InChI is InChI=1S/C22H21F5N2O3/c1-13(15-5-7-16(8-6-15)20(31)32)28-19(30)18-10-21(23,24)12-29(18)11-14-3-2-4-17(9-14)22(25,26)27/h2-9,13,18H,10-12H2,1H3,(H,28,30)(H,31,32)/p-1/t13-,18+/m0/s1. The molecule has 1 fully saturated rings. The fourth-order valence-corrected chi connectivity index (χ4v) is 3.69. The predicted octanol–water partition coefficient (Wildman–Crippen LogP) is 3.16. The maximum atomic E-state index is 14.1. The Morgan fingerprint density at radius 2 is 1.84 bits per heavy atom. The van der Waals surface area contributed by atoms with Crippen LogP contribution < -0.4 is 10.4 Å². The second-order valence-corrected chi connectivity index (χ2v) is 7.82. The number of nitrogens with one attached hydrogen (secondary N) is 1. The molecule has 1 heterocycles. The zero-order valence-electron chi connectivity index (χ0n) is 17.0. The number of likely N-dealkylation sites (tertiary alicyclic amines) is 1. The van der Waals surface area contributed by atoms with Gasteiger partial charge in [0.15, 0.2) is 0 Å². The van der Waals surface area contributed by atoms with Crippen LogP contribution in [0, 0.1) is 0 Å². The Balaban J connectivity index is 1.73. The van der Waals surface area contributed by atoms with Gasteiger partial charge in [-0.15, -0.1) is 0 Å². The summed E-state index contributed by atoms with van der Waals surface area (Å²) in [4.78, 5) is 24.7. The van der Waals surface area contributed by atoms with E-state index in [-0.39, 0.29) is 17.7 Å². The van der Waals surface area contributed by atoms with Gasteiger partial charge in [0.05, 0.1) is 30.2 Å². The monoisotopic (exact) mass is 455 g/mol. The molecule has 3 rings (SSSR count). The average Bonchev–Trinajstić information content (AvgIpc) is 3.01. The SMILES string of the molecule is C[C@H](NC(=O)[C@H]1CC(F)(F)CN1Cc1cccc(C(F)(F)F)c1)c1ccc(C(=O)[O-])cc1. The van der Waals surface area contributed by atoms with Crippen molar-refractivity contribution in [2.45, 2.75) is 44.1 Å². The number of halogens is 5. The smallest absolute Gasteiger partial charge is 0.416 e. The first-order valence-corrected chi connectivity index (χ1v) is 9.75. The number of aromatic carboxylic acids is 1. The van der Waals surface area contributed by atoms with Crippen molar-refractivity contribution in [3.8, 4) is 0 Å². The third-order valence-electron chi connectivity index (χ3n) is 5.31. The Hall–Kier alpha value is -3.01. The maximum absolute atomic E-state index is 14.1. The molecule has 10 heteroatoms. The lowest BCUT2D eigenvalue weighted by molar-refractivity contribution is -0.255. The van der Waals surface area contributed by atoms with Gasteiger partial charge in [0, 0.05) is 13.0 Å². The summed E-state index contributed by atoms with van der Waals surface area (Å²) in [7, 11) is 0. The lowest BCUT2D eigenvalue weighted by atomic mass is 10.0. The first-order chi connectivity index (χ1) is 14.9. The van der Waals surface area contributed by atoms with Crippen molar-refractivity contribution in [3.63, 3.8) is 0 Å². The lowest BCUT2D eigenvalue weighted by Crippen LogP contribution is -2.43. The molecule has 2 aromatic carbocycles. The number of carbonyl (C=O) groups is 2. The van der Waals surface area contributed by atoms with Crippen molar-refractivity contribution in [3.05, 3.63) is 70.8 Å². The number of carbonyl (C=O) groups excluding carboxylic acids is 2. The van der Waals surface area contributed by atoms with Gasteiger partial charge in [-0.3, -0.25) is 9.69 Å². The maximum Gasteiger partial charge on any atom is 0.416 e. The van der Waals surface area contributed by atoms with Crippen LogP contribution in [0.3, 0.4) is 0 Å². The van der Waals surface area contributed by atoms with Gasteiger partial charge in [-0.1, -0.05) is 42.5 Å². The Morgan fingerprint density at radius 1 is 1.19 bits per heavy atom. The molecule has 5 nitrogen and oxygen atoms in total. The van der Waals surface area contributed by atoms with Crippen LogP contribution in [0.5, 0.6) is 0 Å². The first-order valence-electron chi connectivity index (χ1n) is 9.75. The van der Waals surface area contributed by atoms with Crippen LogP contribution in [0.1, 0.15) is 46.4 Å². The van der Waals surface area contributed by atoms with Crippen LogP contribution in [-0.2, 0) is 17.5 Å². The van der Waals surface area contributed by atoms with Gasteiger partial charge < -0.3 is 15.2 Å². The zero-order chi connectivity index (χ0) is 23.7. The predicted molar refractivity (Wildman–Crippen MR) is 103 cm³/mol. The number of hydrogen-bond acceptors (Lipinski definition) is 4. The normalized spacial score (nSPS) is 19.5. The Labute approximate surface area is 180 Å². The second-order valence-electron chi connectivity index (χ2n) is 7.82. The summed E-state index contributed by atoms with van der Waals surface area (Å²) in [6.45, 7) is 0.610. The largest absolute Gasteiger partial charge is 0.545 e. The number of benzene rings is 2. The molecule has 0 saturated carbocycles. The summed E-state index contributed by atoms with van der Waals surface area (Å²) in [6.07, 6.45) is -5.32.